The van der Waals surface area contributed by atoms with Gasteiger partial charge in [-0.15, -0.1) is 0 Å². The van der Waals surface area contributed by atoms with Gasteiger partial charge in [0.05, 0.1) is 0 Å². The van der Waals surface area contributed by atoms with Gasteiger partial charge in [0.15, 0.2) is 23.3 Å². The van der Waals surface area contributed by atoms with Crippen molar-refractivity contribution < 1.29 is 35.4 Å². The van der Waals surface area contributed by atoms with Crippen LogP contribution in [-0.2, 0) is 0 Å². The number of aromatic nitrogens is 8. The van der Waals surface area contributed by atoms with Crippen LogP contribution in [0, 0.1) is 0 Å². The average molecular weight is 1560 g/mol. The van der Waals surface area contributed by atoms with Gasteiger partial charge >= 0.3 is 0 Å². The van der Waals surface area contributed by atoms with Crippen molar-refractivity contribution >= 4 is 111 Å². The van der Waals surface area contributed by atoms with Crippen molar-refractivity contribution in [2.45, 2.75) is 311 Å². The molecule has 0 unspecified atom stereocenters. The highest BCUT2D eigenvalue weighted by Gasteiger charge is 2.48. The molecule has 24 heteroatoms. The Morgan fingerprint density at radius 3 is 0.452 bits per heavy atom. The molecule has 0 saturated heterocycles. The van der Waals surface area contributed by atoms with Crippen LogP contribution in [0.25, 0.3) is 89.7 Å². The molecule has 0 amide bonds. The van der Waals surface area contributed by atoms with Gasteiger partial charge in [0, 0.05) is 43.8 Å². The first-order valence-electron chi connectivity index (χ1n) is 37.6. The maximum Gasteiger partial charge on any atom is 0.250 e. The molecule has 9 rings (SSSR count). The second kappa shape index (κ2) is 26.0. The molecule has 2 aliphatic rings. The molecule has 7 aromatic rings. The Labute approximate surface area is 633 Å². The predicted molar refractivity (Wildman–Crippen MR) is 459 cm³/mol. The number of nitrogens with one attached hydrogen (secondary N) is 2. The van der Waals surface area contributed by atoms with Gasteiger partial charge in [0.1, 0.15) is 68.6 Å². The fraction of sp³-hybridized carbons (Fsp3) is 0.600. The third kappa shape index (κ3) is 16.0. The van der Waals surface area contributed by atoms with Crippen LogP contribution in [0.4, 0.5) is 0 Å². The largest absolute Gasteiger partial charge is 0.541 e. The zero-order valence-corrected chi connectivity index (χ0v) is 79.6. The maximum absolute atomic E-state index is 7.48. The summed E-state index contributed by atoms with van der Waals surface area (Å²) in [4.78, 5) is 41.9. The van der Waals surface area contributed by atoms with Gasteiger partial charge in [-0.25, -0.2) is 29.9 Å². The molecule has 2 aliphatic heterocycles. The molecule has 5 heterocycles. The van der Waals surface area contributed by atoms with Gasteiger partial charge in [0.2, 0.25) is 0 Å². The molecule has 16 nitrogen and oxygen atoms in total. The molecular weight excluding hydrogens is 1430 g/mol. The quantitative estimate of drug-likeness (QED) is 0.0871. The summed E-state index contributed by atoms with van der Waals surface area (Å²) in [6.07, 6.45) is 0. The van der Waals surface area contributed by atoms with E-state index < -0.39 is 66.5 Å². The van der Waals surface area contributed by atoms with Crippen LogP contribution >= 0.6 is 0 Å². The van der Waals surface area contributed by atoms with E-state index in [2.05, 4.69) is 329 Å². The molecule has 104 heavy (non-hydrogen) atoms. The molecule has 0 fully saturated rings. The summed E-state index contributed by atoms with van der Waals surface area (Å²) in [7, 11) is -20.4. The number of hydrogen-bond acceptors (Lipinski definition) is 14. The monoisotopic (exact) mass is 1550 g/mol. The SMILES string of the molecule is CC(C)(C)[Si](C)(C)Oc1cc2c(cc1O[Si](C)(C)C(C)(C)C)-c1nc-2nc2[nH]c(nc3nc(nc4[nH]c(n1)c1cc(O[Si](C)(C)C(C)(C)C)c(O[Si](C)(C)C(C)(C)C)cc41)-c1cc(O[Si](C)(C)C(C)(C)C)c(O[Si](C)(C)C(C)(C)C)cc1-3)c1cc(O[Si](C)(C)C(C)(C)C)c(O[Si](C)(C)C(C)(C)C)cc21. The highest BCUT2D eigenvalue weighted by Crippen LogP contribution is 2.54. The van der Waals surface area contributed by atoms with Crippen LogP contribution < -0.4 is 35.4 Å². The second-order valence-corrected chi connectivity index (χ2v) is 79.7. The lowest BCUT2D eigenvalue weighted by Crippen LogP contribution is -2.45. The lowest BCUT2D eigenvalue weighted by atomic mass is 10.1. The van der Waals surface area contributed by atoms with E-state index in [0.717, 1.165) is 43.8 Å². The summed E-state index contributed by atoms with van der Waals surface area (Å²) in [5.41, 5.74) is 4.94. The zero-order valence-electron chi connectivity index (χ0n) is 71.6. The van der Waals surface area contributed by atoms with Crippen molar-refractivity contribution in [3.05, 3.63) is 48.5 Å². The summed E-state index contributed by atoms with van der Waals surface area (Å²) >= 11 is 0. The Kier molecular flexibility index (Phi) is 20.6. The van der Waals surface area contributed by atoms with Crippen molar-refractivity contribution in [3.63, 3.8) is 0 Å². The Balaban J connectivity index is 1.58. The third-order valence-electron chi connectivity index (χ3n) is 25.5. The highest BCUT2D eigenvalue weighted by molar-refractivity contribution is 6.78. The molecule has 0 atom stereocenters. The number of H-pyrrole nitrogens is 2. The fourth-order valence-electron chi connectivity index (χ4n) is 9.88. The molecule has 570 valence electrons. The summed E-state index contributed by atoms with van der Waals surface area (Å²) in [5, 5.41) is 1.82. The minimum Gasteiger partial charge on any atom is -0.541 e. The van der Waals surface area contributed by atoms with E-state index in [1.165, 1.54) is 0 Å². The minimum atomic E-state index is -2.55. The average Bonchev–Trinajstić information content (AvgIpc) is 1.57. The number of benzene rings is 4. The lowest BCUT2D eigenvalue weighted by molar-refractivity contribution is 0.441. The van der Waals surface area contributed by atoms with E-state index >= 15 is 0 Å². The van der Waals surface area contributed by atoms with Crippen molar-refractivity contribution in [2.24, 2.45) is 0 Å². The van der Waals surface area contributed by atoms with E-state index in [9.17, 15) is 0 Å². The van der Waals surface area contributed by atoms with Gasteiger partial charge in [-0.1, -0.05) is 166 Å². The Morgan fingerprint density at radius 2 is 0.327 bits per heavy atom. The molecule has 0 radical (unpaired) electrons. The van der Waals surface area contributed by atoms with Crippen LogP contribution in [0.3, 0.4) is 0 Å². The Hall–Kier alpha value is -5.62. The Bertz CT molecular complexity index is 4110. The first-order chi connectivity index (χ1) is 46.5. The smallest absolute Gasteiger partial charge is 0.250 e. The molecule has 2 N–H and O–H groups in total. The second-order valence-electron chi connectivity index (χ2n) is 41.9. The van der Waals surface area contributed by atoms with E-state index in [0.29, 0.717) is 91.9 Å². The van der Waals surface area contributed by atoms with Crippen molar-refractivity contribution in [3.8, 4) is 91.5 Å². The van der Waals surface area contributed by atoms with Crippen molar-refractivity contribution in [1.82, 2.24) is 39.9 Å². The van der Waals surface area contributed by atoms with Crippen LogP contribution in [0.15, 0.2) is 48.5 Å². The van der Waals surface area contributed by atoms with Crippen LogP contribution in [0.1, 0.15) is 166 Å². The third-order valence-corrected chi connectivity index (χ3v) is 60.2. The van der Waals surface area contributed by atoms with Crippen molar-refractivity contribution in [1.29, 1.82) is 0 Å². The molecule has 4 aromatic carbocycles. The maximum atomic E-state index is 7.48. The molecule has 0 aliphatic carbocycles. The van der Waals surface area contributed by atoms with E-state index in [-0.39, 0.29) is 40.3 Å². The van der Waals surface area contributed by atoms with Gasteiger partial charge in [-0.05, 0) is 194 Å². The number of rotatable bonds is 16. The lowest BCUT2D eigenvalue weighted by Gasteiger charge is -2.40. The van der Waals surface area contributed by atoms with Gasteiger partial charge in [0.25, 0.3) is 66.5 Å². The fourth-order valence-corrected chi connectivity index (χ4v) is 18.0. The number of aromatic amines is 2. The van der Waals surface area contributed by atoms with E-state index in [4.69, 9.17) is 65.3 Å². The molecule has 8 bridgehead atoms. The number of nitrogens with zero attached hydrogens (tertiary/aromatic N) is 6. The minimum absolute atomic E-state index is 0.150. The Morgan fingerprint density at radius 1 is 0.202 bits per heavy atom. The van der Waals surface area contributed by atoms with Crippen molar-refractivity contribution in [2.75, 3.05) is 0 Å². The highest BCUT2D eigenvalue weighted by atomic mass is 28.4. The number of fused-ring (bicyclic) bond motifs is 20. The van der Waals surface area contributed by atoms with Crippen LogP contribution in [0.2, 0.25) is 145 Å². The summed E-state index contributed by atoms with van der Waals surface area (Å²) in [5.74, 6) is 6.86. The van der Waals surface area contributed by atoms with E-state index in [1.807, 2.05) is 0 Å². The zero-order chi connectivity index (χ0) is 78.8. The molecule has 0 saturated carbocycles. The summed E-state index contributed by atoms with van der Waals surface area (Å²) < 4.78 is 59.8. The topological polar surface area (TPSA) is 183 Å². The predicted octanol–water partition coefficient (Wildman–Crippen LogP) is 25.9. The number of hydrogen-bond donors (Lipinski definition) is 2. The molecular formula is C80H130N8O8Si8. The van der Waals surface area contributed by atoms with E-state index in [1.54, 1.807) is 0 Å². The van der Waals surface area contributed by atoms with Crippen LogP contribution in [-0.4, -0.2) is 106 Å². The van der Waals surface area contributed by atoms with Gasteiger partial charge < -0.3 is 45.4 Å². The summed E-state index contributed by atoms with van der Waals surface area (Å²) in [6.45, 7) is 90.8. The normalized spacial score (nSPS) is 14.5. The first kappa shape index (κ1) is 82.4. The first-order valence-corrected chi connectivity index (χ1v) is 60.8. The van der Waals surface area contributed by atoms with Gasteiger partial charge in [-0.3, -0.25) is 0 Å². The standard InChI is InChI=1S/C80H130N8O8Si8/c1-73(2,3)97(25,26)89-57-41-49-50(42-58(57)90-98(27,28)74(4,5)6)66-81-65(49)85-67-51-43-59(91-99(29,30)75(7,8)9)60(92-100(31,32)76(10,11)12)44-52(51)69(82-67)87-71-55-47-63(95-103(37,38)79(19,20)21)64(96-104(39,40)80(22,23)24)48-56(55)72(84-71)88-70-54-46-62(94-102(35,36)78(16,17)18)61(45-53(54)68(83-70)86-66)93-101(33,34)77(13,14)15/h41-48H,1-40H3,(H2,81,82,83,84,85,86,87,88). The molecule has 0 spiro atoms. The summed E-state index contributed by atoms with van der Waals surface area (Å²) in [6, 6.07) is 16.8. The molecule has 3 aromatic heterocycles. The van der Waals surface area contributed by atoms with Gasteiger partial charge in [-0.2, -0.15) is 0 Å². The van der Waals surface area contributed by atoms with Crippen LogP contribution in [0.5, 0.6) is 46.0 Å².